The second-order valence-corrected chi connectivity index (χ2v) is 9.24. The molecule has 2 aromatic carbocycles. The summed E-state index contributed by atoms with van der Waals surface area (Å²) in [6.45, 7) is 5.03. The molecule has 1 fully saturated rings. The van der Waals surface area contributed by atoms with Gasteiger partial charge in [-0.15, -0.1) is 0 Å². The van der Waals surface area contributed by atoms with E-state index >= 15 is 0 Å². The Balaban J connectivity index is 1.80. The first kappa shape index (κ1) is 21.3. The molecule has 1 saturated heterocycles. The summed E-state index contributed by atoms with van der Waals surface area (Å²) >= 11 is 0. The van der Waals surface area contributed by atoms with E-state index in [9.17, 15) is 13.2 Å². The summed E-state index contributed by atoms with van der Waals surface area (Å²) in [6.07, 6.45) is 2.46. The number of nitrogens with zero attached hydrogens (tertiary/aromatic N) is 1. The van der Waals surface area contributed by atoms with E-state index in [2.05, 4.69) is 5.32 Å². The Labute approximate surface area is 172 Å². The number of ether oxygens (including phenoxy) is 1. The maximum absolute atomic E-state index is 12.9. The Morgan fingerprint density at radius 1 is 1.17 bits per heavy atom. The highest BCUT2D eigenvalue weighted by atomic mass is 32.2. The molecule has 2 aromatic rings. The summed E-state index contributed by atoms with van der Waals surface area (Å²) in [5.41, 5.74) is 2.32. The molecule has 0 radical (unpaired) electrons. The Hall–Kier alpha value is -2.38. The Morgan fingerprint density at radius 3 is 2.52 bits per heavy atom. The van der Waals surface area contributed by atoms with E-state index in [0.717, 1.165) is 29.7 Å². The first-order valence-corrected chi connectivity index (χ1v) is 11.4. The highest BCUT2D eigenvalue weighted by Crippen LogP contribution is 2.25. The van der Waals surface area contributed by atoms with Crippen LogP contribution in [0.1, 0.15) is 53.7 Å². The van der Waals surface area contributed by atoms with E-state index < -0.39 is 10.0 Å². The van der Waals surface area contributed by atoms with Gasteiger partial charge in [0.2, 0.25) is 10.0 Å². The van der Waals surface area contributed by atoms with Crippen molar-refractivity contribution in [2.75, 3.05) is 20.2 Å². The van der Waals surface area contributed by atoms with Crippen LogP contribution < -0.4 is 10.1 Å². The third-order valence-corrected chi connectivity index (χ3v) is 7.23. The second-order valence-electron chi connectivity index (χ2n) is 7.30. The molecular weight excluding hydrogens is 388 g/mol. The molecule has 3 rings (SSSR count). The molecule has 1 heterocycles. The van der Waals surface area contributed by atoms with Crippen molar-refractivity contribution >= 4 is 15.9 Å². The summed E-state index contributed by atoms with van der Waals surface area (Å²) < 4.78 is 32.4. The number of carbonyl (C=O) groups excluding carboxylic acids is 1. The minimum atomic E-state index is -3.55. The molecule has 0 bridgehead atoms. The average molecular weight is 417 g/mol. The molecule has 6 nitrogen and oxygen atoms in total. The van der Waals surface area contributed by atoms with Gasteiger partial charge in [0.05, 0.1) is 18.0 Å². The van der Waals surface area contributed by atoms with Crippen LogP contribution >= 0.6 is 0 Å². The predicted molar refractivity (Wildman–Crippen MR) is 113 cm³/mol. The van der Waals surface area contributed by atoms with Crippen molar-refractivity contribution in [2.24, 2.45) is 0 Å². The highest BCUT2D eigenvalue weighted by Gasteiger charge is 2.27. The Bertz CT molecular complexity index is 982. The number of hydrogen-bond donors (Lipinski definition) is 1. The number of aryl methyl sites for hydroxylation is 1. The number of carbonyl (C=O) groups is 1. The van der Waals surface area contributed by atoms with Gasteiger partial charge < -0.3 is 10.1 Å². The third kappa shape index (κ3) is 4.62. The lowest BCUT2D eigenvalue weighted by molar-refractivity contribution is 0.0935. The molecule has 0 saturated carbocycles. The fourth-order valence-electron chi connectivity index (χ4n) is 3.66. The van der Waals surface area contributed by atoms with E-state index in [4.69, 9.17) is 4.74 Å². The fourth-order valence-corrected chi connectivity index (χ4v) is 5.22. The van der Waals surface area contributed by atoms with Crippen LogP contribution in [0.3, 0.4) is 0 Å². The largest absolute Gasteiger partial charge is 0.496 e. The predicted octanol–water partition coefficient (Wildman–Crippen LogP) is 3.67. The van der Waals surface area contributed by atoms with Crippen molar-refractivity contribution in [3.8, 4) is 5.75 Å². The number of rotatable bonds is 7. The molecule has 1 aliphatic heterocycles. The zero-order chi connectivity index (χ0) is 21.0. The van der Waals surface area contributed by atoms with E-state index in [1.54, 1.807) is 25.3 Å². The molecule has 29 heavy (non-hydrogen) atoms. The SMILES string of the molecule is CC[C@H](NC(=O)c1cccc(S(=O)(=O)N2CCCC2)c1)c1ccc(OC)c(C)c1. The number of nitrogens with one attached hydrogen (secondary N) is 1. The number of benzene rings is 2. The molecule has 1 aliphatic rings. The van der Waals surface area contributed by atoms with E-state index in [-0.39, 0.29) is 16.8 Å². The molecule has 7 heteroatoms. The van der Waals surface area contributed by atoms with Crippen molar-refractivity contribution in [3.63, 3.8) is 0 Å². The Morgan fingerprint density at radius 2 is 1.90 bits per heavy atom. The first-order valence-electron chi connectivity index (χ1n) is 9.92. The van der Waals surface area contributed by atoms with Crippen molar-refractivity contribution < 1.29 is 17.9 Å². The van der Waals surface area contributed by atoms with Crippen LogP contribution in [0.5, 0.6) is 5.75 Å². The van der Waals surface area contributed by atoms with Gasteiger partial charge in [0, 0.05) is 18.7 Å². The highest BCUT2D eigenvalue weighted by molar-refractivity contribution is 7.89. The number of methoxy groups -OCH3 is 1. The van der Waals surface area contributed by atoms with Crippen LogP contribution in [0.2, 0.25) is 0 Å². The topological polar surface area (TPSA) is 75.7 Å². The maximum atomic E-state index is 12.9. The lowest BCUT2D eigenvalue weighted by Gasteiger charge is -2.20. The standard InChI is InChI=1S/C22H28N2O4S/c1-4-20(17-10-11-21(28-3)16(2)14-17)23-22(25)18-8-7-9-19(15-18)29(26,27)24-12-5-6-13-24/h7-11,14-15,20H,4-6,12-13H2,1-3H3,(H,23,25)/t20-/m0/s1. The summed E-state index contributed by atoms with van der Waals surface area (Å²) in [5, 5.41) is 3.02. The minimum absolute atomic E-state index is 0.167. The number of sulfonamides is 1. The van der Waals surface area contributed by atoms with Crippen molar-refractivity contribution in [1.29, 1.82) is 0 Å². The summed E-state index contributed by atoms with van der Waals surface area (Å²) in [6, 6.07) is 11.9. The number of hydrogen-bond acceptors (Lipinski definition) is 4. The van der Waals surface area contributed by atoms with Crippen molar-refractivity contribution in [2.45, 2.75) is 44.0 Å². The molecule has 1 N–H and O–H groups in total. The summed E-state index contributed by atoms with van der Waals surface area (Å²) in [7, 11) is -1.93. The quantitative estimate of drug-likeness (QED) is 0.747. The van der Waals surface area contributed by atoms with E-state index in [1.165, 1.54) is 10.4 Å². The zero-order valence-electron chi connectivity index (χ0n) is 17.1. The minimum Gasteiger partial charge on any atom is -0.496 e. The van der Waals surface area contributed by atoms with Crippen LogP contribution in [0.4, 0.5) is 0 Å². The van der Waals surface area contributed by atoms with Crippen LogP contribution in [-0.2, 0) is 10.0 Å². The van der Waals surface area contributed by atoms with Crippen molar-refractivity contribution in [1.82, 2.24) is 9.62 Å². The van der Waals surface area contributed by atoms with Gasteiger partial charge in [0.1, 0.15) is 5.75 Å². The summed E-state index contributed by atoms with van der Waals surface area (Å²) in [5.74, 6) is 0.513. The van der Waals surface area contributed by atoms with Crippen LogP contribution in [0, 0.1) is 6.92 Å². The molecule has 0 spiro atoms. The van der Waals surface area contributed by atoms with Gasteiger partial charge in [-0.25, -0.2) is 8.42 Å². The van der Waals surface area contributed by atoms with Gasteiger partial charge in [0.15, 0.2) is 0 Å². The fraction of sp³-hybridized carbons (Fsp3) is 0.409. The van der Waals surface area contributed by atoms with Gasteiger partial charge in [-0.2, -0.15) is 4.31 Å². The average Bonchev–Trinajstić information content (AvgIpc) is 3.27. The maximum Gasteiger partial charge on any atom is 0.251 e. The molecule has 1 atom stereocenters. The molecule has 0 aromatic heterocycles. The zero-order valence-corrected chi connectivity index (χ0v) is 18.0. The van der Waals surface area contributed by atoms with Gasteiger partial charge in [-0.1, -0.05) is 25.1 Å². The van der Waals surface area contributed by atoms with Gasteiger partial charge >= 0.3 is 0 Å². The Kier molecular flexibility index (Phi) is 6.59. The van der Waals surface area contributed by atoms with Gasteiger partial charge in [0.25, 0.3) is 5.91 Å². The van der Waals surface area contributed by atoms with E-state index in [1.807, 2.05) is 32.0 Å². The monoisotopic (exact) mass is 416 g/mol. The van der Waals surface area contributed by atoms with Gasteiger partial charge in [-0.05, 0) is 61.6 Å². The lowest BCUT2D eigenvalue weighted by Crippen LogP contribution is -2.30. The second kappa shape index (κ2) is 8.97. The summed E-state index contributed by atoms with van der Waals surface area (Å²) in [4.78, 5) is 13.0. The van der Waals surface area contributed by atoms with Crippen LogP contribution in [-0.4, -0.2) is 38.8 Å². The molecule has 0 aliphatic carbocycles. The third-order valence-electron chi connectivity index (χ3n) is 5.33. The van der Waals surface area contributed by atoms with E-state index in [0.29, 0.717) is 25.1 Å². The molecular formula is C22H28N2O4S. The van der Waals surface area contributed by atoms with Crippen LogP contribution in [0.25, 0.3) is 0 Å². The molecule has 156 valence electrons. The smallest absolute Gasteiger partial charge is 0.251 e. The normalized spacial score (nSPS) is 15.8. The number of amides is 1. The molecule has 1 amide bonds. The van der Waals surface area contributed by atoms with Crippen molar-refractivity contribution in [3.05, 3.63) is 59.2 Å². The first-order chi connectivity index (χ1) is 13.9. The lowest BCUT2D eigenvalue weighted by atomic mass is 10.0. The van der Waals surface area contributed by atoms with Gasteiger partial charge in [-0.3, -0.25) is 4.79 Å². The van der Waals surface area contributed by atoms with Crippen LogP contribution in [0.15, 0.2) is 47.4 Å². The molecule has 0 unspecified atom stereocenters.